The van der Waals surface area contributed by atoms with Crippen molar-refractivity contribution in [3.05, 3.63) is 98.2 Å². The Morgan fingerprint density at radius 3 is 2.63 bits per heavy atom. The highest BCUT2D eigenvalue weighted by atomic mass is 79.9. The summed E-state index contributed by atoms with van der Waals surface area (Å²) in [7, 11) is 0. The fourth-order valence-electron chi connectivity index (χ4n) is 2.79. The van der Waals surface area contributed by atoms with E-state index >= 15 is 0 Å². The van der Waals surface area contributed by atoms with E-state index in [1.165, 1.54) is 0 Å². The van der Waals surface area contributed by atoms with Crippen LogP contribution in [-0.2, 0) is 6.61 Å². The van der Waals surface area contributed by atoms with E-state index in [0.29, 0.717) is 28.0 Å². The lowest BCUT2D eigenvalue weighted by molar-refractivity contribution is 0.305. The van der Waals surface area contributed by atoms with E-state index in [2.05, 4.69) is 31.2 Å². The van der Waals surface area contributed by atoms with Crippen molar-refractivity contribution < 1.29 is 4.74 Å². The van der Waals surface area contributed by atoms with Crippen molar-refractivity contribution >= 4 is 46.0 Å². The maximum absolute atomic E-state index is 6.02. The minimum absolute atomic E-state index is 0.406. The number of hydrogen-bond donors (Lipinski definition) is 1. The van der Waals surface area contributed by atoms with Gasteiger partial charge in [-0.25, -0.2) is 5.10 Å². The molecule has 4 aromatic rings. The van der Waals surface area contributed by atoms with Gasteiger partial charge in [0.1, 0.15) is 12.4 Å². The highest BCUT2D eigenvalue weighted by Gasteiger charge is 2.09. The molecule has 5 nitrogen and oxygen atoms in total. The van der Waals surface area contributed by atoms with Gasteiger partial charge in [-0.3, -0.25) is 0 Å². The Morgan fingerprint density at radius 1 is 1.10 bits per heavy atom. The normalized spacial score (nSPS) is 11.1. The monoisotopic (exact) mass is 498 g/mol. The molecule has 150 valence electrons. The molecule has 0 aliphatic rings. The molecule has 8 heteroatoms. The third kappa shape index (κ3) is 4.87. The molecule has 0 spiro atoms. The predicted octanol–water partition coefficient (Wildman–Crippen LogP) is 6.48. The van der Waals surface area contributed by atoms with Crippen molar-refractivity contribution in [2.45, 2.75) is 6.61 Å². The predicted molar refractivity (Wildman–Crippen MR) is 126 cm³/mol. The van der Waals surface area contributed by atoms with Gasteiger partial charge in [0.2, 0.25) is 4.77 Å². The second kappa shape index (κ2) is 9.38. The van der Waals surface area contributed by atoms with Gasteiger partial charge in [-0.2, -0.15) is 14.9 Å². The van der Waals surface area contributed by atoms with Crippen LogP contribution in [0, 0.1) is 4.77 Å². The van der Waals surface area contributed by atoms with Crippen LogP contribution in [-0.4, -0.2) is 21.1 Å². The largest absolute Gasteiger partial charge is 0.488 e. The highest BCUT2D eigenvalue weighted by molar-refractivity contribution is 9.10. The first-order chi connectivity index (χ1) is 14.6. The van der Waals surface area contributed by atoms with Gasteiger partial charge in [-0.1, -0.05) is 70.0 Å². The molecule has 0 saturated heterocycles. The Bertz CT molecular complexity index is 1240. The quantitative estimate of drug-likeness (QED) is 0.244. The molecule has 0 atom stereocenters. The maximum atomic E-state index is 6.02. The zero-order chi connectivity index (χ0) is 20.9. The number of nitrogens with one attached hydrogen (secondary N) is 1. The first-order valence-electron chi connectivity index (χ1n) is 9.04. The van der Waals surface area contributed by atoms with E-state index in [-0.39, 0.29) is 0 Å². The molecule has 0 aliphatic carbocycles. The fourth-order valence-corrected chi connectivity index (χ4v) is 3.47. The van der Waals surface area contributed by atoms with Crippen molar-refractivity contribution in [1.29, 1.82) is 0 Å². The zero-order valence-electron chi connectivity index (χ0n) is 15.6. The van der Waals surface area contributed by atoms with Crippen LogP contribution in [0.3, 0.4) is 0 Å². The number of rotatable bonds is 6. The summed E-state index contributed by atoms with van der Waals surface area (Å²) in [5.74, 6) is 1.34. The topological polar surface area (TPSA) is 55.2 Å². The minimum Gasteiger partial charge on any atom is -0.488 e. The molecule has 0 aliphatic heterocycles. The summed E-state index contributed by atoms with van der Waals surface area (Å²) in [6.45, 7) is 0.417. The van der Waals surface area contributed by atoms with Gasteiger partial charge in [-0.05, 0) is 48.1 Å². The van der Waals surface area contributed by atoms with Crippen LogP contribution in [0.2, 0.25) is 5.02 Å². The molecule has 0 amide bonds. The van der Waals surface area contributed by atoms with E-state index in [9.17, 15) is 0 Å². The van der Waals surface area contributed by atoms with Gasteiger partial charge in [0.05, 0.1) is 6.21 Å². The third-order valence-corrected chi connectivity index (χ3v) is 5.28. The summed E-state index contributed by atoms with van der Waals surface area (Å²) in [5.41, 5.74) is 2.74. The van der Waals surface area contributed by atoms with Crippen LogP contribution >= 0.6 is 39.7 Å². The molecule has 0 bridgehead atoms. The number of nitrogens with zero attached hydrogens (tertiary/aromatic N) is 3. The van der Waals surface area contributed by atoms with Crippen LogP contribution < -0.4 is 4.74 Å². The molecule has 0 unspecified atom stereocenters. The van der Waals surface area contributed by atoms with Gasteiger partial charge < -0.3 is 4.74 Å². The Morgan fingerprint density at radius 2 is 1.87 bits per heavy atom. The number of ether oxygens (including phenoxy) is 1. The van der Waals surface area contributed by atoms with Crippen molar-refractivity contribution in [1.82, 2.24) is 14.9 Å². The smallest absolute Gasteiger partial charge is 0.216 e. The second-order valence-corrected chi connectivity index (χ2v) is 8.11. The summed E-state index contributed by atoms with van der Waals surface area (Å²) in [4.78, 5) is 0. The first kappa shape index (κ1) is 20.5. The number of H-pyrrole nitrogens is 1. The minimum atomic E-state index is 0.406. The third-order valence-electron chi connectivity index (χ3n) is 4.27. The molecule has 0 radical (unpaired) electrons. The molecule has 1 heterocycles. The molecule has 3 aromatic carbocycles. The molecule has 30 heavy (non-hydrogen) atoms. The van der Waals surface area contributed by atoms with E-state index < -0.39 is 0 Å². The standard InChI is InChI=1S/C22H16BrClN4OS/c23-18-8-11-20(29-14-15-6-9-19(24)10-7-15)17(12-18)13-25-28-21(26-27-22(28)30)16-4-2-1-3-5-16/h1-13H,14H2,(H,27,30)/b25-13-. The molecule has 0 fully saturated rings. The van der Waals surface area contributed by atoms with Crippen LogP contribution in [0.15, 0.2) is 82.4 Å². The van der Waals surface area contributed by atoms with Gasteiger partial charge >= 0.3 is 0 Å². The SMILES string of the molecule is S=c1[nH]nc(-c2ccccc2)n1/N=C\c1cc(Br)ccc1OCc1ccc(Cl)cc1. The van der Waals surface area contributed by atoms with Crippen molar-refractivity contribution in [2.75, 3.05) is 0 Å². The highest BCUT2D eigenvalue weighted by Crippen LogP contribution is 2.24. The van der Waals surface area contributed by atoms with Gasteiger partial charge in [0.15, 0.2) is 5.82 Å². The first-order valence-corrected chi connectivity index (χ1v) is 10.6. The van der Waals surface area contributed by atoms with E-state index in [4.69, 9.17) is 28.6 Å². The molecular formula is C22H16BrClN4OS. The Balaban J connectivity index is 1.61. The molecular weight excluding hydrogens is 484 g/mol. The maximum Gasteiger partial charge on any atom is 0.216 e. The summed E-state index contributed by atoms with van der Waals surface area (Å²) >= 11 is 14.8. The molecule has 0 saturated carbocycles. The lowest BCUT2D eigenvalue weighted by Gasteiger charge is -2.10. The van der Waals surface area contributed by atoms with E-state index in [0.717, 1.165) is 21.2 Å². The van der Waals surface area contributed by atoms with Crippen LogP contribution in [0.1, 0.15) is 11.1 Å². The lowest BCUT2D eigenvalue weighted by atomic mass is 10.2. The Hall–Kier alpha value is -2.74. The Labute approximate surface area is 192 Å². The zero-order valence-corrected chi connectivity index (χ0v) is 18.8. The summed E-state index contributed by atoms with van der Waals surface area (Å²) < 4.78 is 8.94. The molecule has 1 aromatic heterocycles. The van der Waals surface area contributed by atoms with Crippen molar-refractivity contribution in [2.24, 2.45) is 5.10 Å². The fraction of sp³-hybridized carbons (Fsp3) is 0.0455. The Kier molecular flexibility index (Phi) is 6.42. The van der Waals surface area contributed by atoms with E-state index in [1.807, 2.05) is 72.8 Å². The number of halogens is 2. The summed E-state index contributed by atoms with van der Waals surface area (Å²) in [5, 5.41) is 12.4. The van der Waals surface area contributed by atoms with Crippen molar-refractivity contribution in [3.8, 4) is 17.1 Å². The average molecular weight is 500 g/mol. The lowest BCUT2D eigenvalue weighted by Crippen LogP contribution is -2.00. The summed E-state index contributed by atoms with van der Waals surface area (Å²) in [6, 6.07) is 23.1. The second-order valence-electron chi connectivity index (χ2n) is 6.37. The van der Waals surface area contributed by atoms with Gasteiger partial charge in [0, 0.05) is 20.6 Å². The van der Waals surface area contributed by atoms with Gasteiger partial charge in [-0.15, -0.1) is 0 Å². The van der Waals surface area contributed by atoms with Crippen molar-refractivity contribution in [3.63, 3.8) is 0 Å². The molecule has 1 N–H and O–H groups in total. The van der Waals surface area contributed by atoms with Gasteiger partial charge in [0.25, 0.3) is 0 Å². The number of aromatic nitrogens is 3. The average Bonchev–Trinajstić information content (AvgIpc) is 3.13. The number of benzene rings is 3. The van der Waals surface area contributed by atoms with Crippen LogP contribution in [0.5, 0.6) is 5.75 Å². The van der Waals surface area contributed by atoms with E-state index in [1.54, 1.807) is 10.9 Å². The molecule has 4 rings (SSSR count). The number of aromatic amines is 1. The summed E-state index contributed by atoms with van der Waals surface area (Å²) in [6.07, 6.45) is 1.71. The number of hydrogen-bond acceptors (Lipinski definition) is 4. The van der Waals surface area contributed by atoms with Crippen LogP contribution in [0.25, 0.3) is 11.4 Å². The van der Waals surface area contributed by atoms with Crippen LogP contribution in [0.4, 0.5) is 0 Å².